The molecule has 0 aromatic heterocycles. The zero-order valence-corrected chi connectivity index (χ0v) is 13.1. The zero-order chi connectivity index (χ0) is 16.7. The Morgan fingerprint density at radius 3 is 2.27 bits per heavy atom. The molecule has 0 heterocycles. The number of hydrogen-bond donors (Lipinski definition) is 2. The number of amides is 2. The van der Waals surface area contributed by atoms with Gasteiger partial charge in [-0.2, -0.15) is 0 Å². The van der Waals surface area contributed by atoms with E-state index in [-0.39, 0.29) is 18.3 Å². The van der Waals surface area contributed by atoms with Gasteiger partial charge in [0, 0.05) is 5.56 Å². The topological polar surface area (TPSA) is 98.5 Å². The molecule has 2 atom stereocenters. The van der Waals surface area contributed by atoms with Crippen molar-refractivity contribution in [2.45, 2.75) is 33.2 Å². The van der Waals surface area contributed by atoms with E-state index in [1.54, 1.807) is 24.3 Å². The van der Waals surface area contributed by atoms with Gasteiger partial charge in [0.2, 0.25) is 5.91 Å². The summed E-state index contributed by atoms with van der Waals surface area (Å²) in [5, 5.41) is 2.57. The third kappa shape index (κ3) is 5.20. The Labute approximate surface area is 130 Å². The van der Waals surface area contributed by atoms with E-state index < -0.39 is 17.9 Å². The van der Waals surface area contributed by atoms with Crippen molar-refractivity contribution in [3.63, 3.8) is 0 Å². The maximum absolute atomic E-state index is 11.8. The fourth-order valence-electron chi connectivity index (χ4n) is 1.88. The van der Waals surface area contributed by atoms with Crippen LogP contribution in [-0.4, -0.2) is 30.2 Å². The lowest BCUT2D eigenvalue weighted by molar-refractivity contribution is -0.129. The predicted molar refractivity (Wildman–Crippen MR) is 82.5 cm³/mol. The monoisotopic (exact) mass is 306 g/mol. The molecular formula is C16H22N2O4. The molecule has 0 fully saturated rings. The molecular weight excluding hydrogens is 284 g/mol. The van der Waals surface area contributed by atoms with E-state index in [9.17, 15) is 14.4 Å². The third-order valence-electron chi connectivity index (χ3n) is 3.47. The molecule has 0 saturated carbocycles. The number of benzene rings is 1. The number of rotatable bonds is 8. The van der Waals surface area contributed by atoms with Gasteiger partial charge < -0.3 is 15.8 Å². The minimum Gasteiger partial charge on any atom is -0.484 e. The van der Waals surface area contributed by atoms with Crippen LogP contribution in [-0.2, 0) is 9.59 Å². The molecule has 0 saturated heterocycles. The first-order chi connectivity index (χ1) is 10.3. The van der Waals surface area contributed by atoms with Gasteiger partial charge in [0.05, 0.1) is 0 Å². The molecule has 0 bridgehead atoms. The summed E-state index contributed by atoms with van der Waals surface area (Å²) < 4.78 is 5.32. The van der Waals surface area contributed by atoms with E-state index in [1.165, 1.54) is 6.92 Å². The summed E-state index contributed by atoms with van der Waals surface area (Å²) in [7, 11) is 0. The lowest BCUT2D eigenvalue weighted by atomic mass is 9.99. The summed E-state index contributed by atoms with van der Waals surface area (Å²) in [5.74, 6) is -0.592. The van der Waals surface area contributed by atoms with E-state index in [0.29, 0.717) is 11.3 Å². The first-order valence-corrected chi connectivity index (χ1v) is 7.17. The average molecular weight is 306 g/mol. The summed E-state index contributed by atoms with van der Waals surface area (Å²) in [6, 6.07) is 5.78. The van der Waals surface area contributed by atoms with Crippen LogP contribution in [0.15, 0.2) is 24.3 Å². The quantitative estimate of drug-likeness (QED) is 0.707. The summed E-state index contributed by atoms with van der Waals surface area (Å²) >= 11 is 0. The standard InChI is InChI=1S/C16H22N2O4/c1-4-10(2)15(16(17)21)18-14(20)9-22-13-7-5-12(6-8-13)11(3)19/h5-8,10,15H,4,9H2,1-3H3,(H2,17,21)(H,18,20). The van der Waals surface area contributed by atoms with Gasteiger partial charge in [-0.1, -0.05) is 20.3 Å². The minimum absolute atomic E-state index is 0.0397. The van der Waals surface area contributed by atoms with Crippen LogP contribution >= 0.6 is 0 Å². The van der Waals surface area contributed by atoms with Gasteiger partial charge in [-0.25, -0.2) is 0 Å². The summed E-state index contributed by atoms with van der Waals surface area (Å²) in [5.41, 5.74) is 5.86. The highest BCUT2D eigenvalue weighted by atomic mass is 16.5. The van der Waals surface area contributed by atoms with Crippen molar-refractivity contribution in [3.8, 4) is 5.75 Å². The molecule has 1 aromatic carbocycles. The number of ether oxygens (including phenoxy) is 1. The molecule has 0 aliphatic heterocycles. The molecule has 1 rings (SSSR count). The molecule has 120 valence electrons. The lowest BCUT2D eigenvalue weighted by Crippen LogP contribution is -2.49. The van der Waals surface area contributed by atoms with Crippen molar-refractivity contribution in [3.05, 3.63) is 29.8 Å². The first kappa shape index (κ1) is 17.7. The number of nitrogens with one attached hydrogen (secondary N) is 1. The van der Waals surface area contributed by atoms with Gasteiger partial charge in [0.25, 0.3) is 5.91 Å². The van der Waals surface area contributed by atoms with E-state index >= 15 is 0 Å². The maximum atomic E-state index is 11.8. The van der Waals surface area contributed by atoms with Crippen LogP contribution in [0, 0.1) is 5.92 Å². The SMILES string of the molecule is CCC(C)C(NC(=O)COc1ccc(C(C)=O)cc1)C(N)=O. The molecule has 1 aromatic rings. The fraction of sp³-hybridized carbons (Fsp3) is 0.438. The van der Waals surface area contributed by atoms with Crippen molar-refractivity contribution in [2.24, 2.45) is 11.7 Å². The smallest absolute Gasteiger partial charge is 0.258 e. The second-order valence-electron chi connectivity index (χ2n) is 5.20. The highest BCUT2D eigenvalue weighted by molar-refractivity contribution is 5.94. The van der Waals surface area contributed by atoms with Crippen LogP contribution in [0.4, 0.5) is 0 Å². The normalized spacial score (nSPS) is 13.0. The number of carbonyl (C=O) groups excluding carboxylic acids is 3. The fourth-order valence-corrected chi connectivity index (χ4v) is 1.88. The molecule has 2 unspecified atom stereocenters. The predicted octanol–water partition coefficient (Wildman–Crippen LogP) is 1.28. The van der Waals surface area contributed by atoms with Gasteiger partial charge in [-0.15, -0.1) is 0 Å². The zero-order valence-electron chi connectivity index (χ0n) is 13.1. The highest BCUT2D eigenvalue weighted by Gasteiger charge is 2.23. The molecule has 2 amide bonds. The van der Waals surface area contributed by atoms with E-state index in [4.69, 9.17) is 10.5 Å². The van der Waals surface area contributed by atoms with Gasteiger partial charge in [-0.05, 0) is 37.1 Å². The first-order valence-electron chi connectivity index (χ1n) is 7.17. The molecule has 0 radical (unpaired) electrons. The molecule has 6 heteroatoms. The second-order valence-corrected chi connectivity index (χ2v) is 5.20. The van der Waals surface area contributed by atoms with Gasteiger partial charge in [0.1, 0.15) is 11.8 Å². The molecule has 6 nitrogen and oxygen atoms in total. The van der Waals surface area contributed by atoms with Crippen LogP contribution in [0.5, 0.6) is 5.75 Å². The Hall–Kier alpha value is -2.37. The highest BCUT2D eigenvalue weighted by Crippen LogP contribution is 2.12. The van der Waals surface area contributed by atoms with Gasteiger partial charge in [-0.3, -0.25) is 14.4 Å². The van der Waals surface area contributed by atoms with Crippen LogP contribution in [0.25, 0.3) is 0 Å². The Bertz CT molecular complexity index is 540. The van der Waals surface area contributed by atoms with E-state index in [2.05, 4.69) is 5.32 Å². The third-order valence-corrected chi connectivity index (χ3v) is 3.47. The number of carbonyl (C=O) groups is 3. The Morgan fingerprint density at radius 1 is 1.23 bits per heavy atom. The van der Waals surface area contributed by atoms with E-state index in [1.807, 2.05) is 13.8 Å². The Morgan fingerprint density at radius 2 is 1.82 bits per heavy atom. The number of ketones is 1. The number of Topliss-reactive ketones (excluding diaryl/α,β-unsaturated/α-hetero) is 1. The van der Waals surface area contributed by atoms with E-state index in [0.717, 1.165) is 6.42 Å². The lowest BCUT2D eigenvalue weighted by Gasteiger charge is -2.21. The van der Waals surface area contributed by atoms with Crippen LogP contribution < -0.4 is 15.8 Å². The molecule has 0 aliphatic carbocycles. The molecule has 3 N–H and O–H groups in total. The minimum atomic E-state index is -0.707. The average Bonchev–Trinajstić information content (AvgIpc) is 2.49. The summed E-state index contributed by atoms with van der Waals surface area (Å²) in [6.07, 6.45) is 0.723. The Kier molecular flexibility index (Phi) is 6.56. The van der Waals surface area contributed by atoms with Gasteiger partial charge >= 0.3 is 0 Å². The molecule has 22 heavy (non-hydrogen) atoms. The maximum Gasteiger partial charge on any atom is 0.258 e. The van der Waals surface area contributed by atoms with Crippen molar-refractivity contribution < 1.29 is 19.1 Å². The molecule has 0 spiro atoms. The van der Waals surface area contributed by atoms with Crippen molar-refractivity contribution in [2.75, 3.05) is 6.61 Å². The molecule has 0 aliphatic rings. The van der Waals surface area contributed by atoms with Crippen LogP contribution in [0.1, 0.15) is 37.6 Å². The number of hydrogen-bond acceptors (Lipinski definition) is 4. The van der Waals surface area contributed by atoms with Crippen molar-refractivity contribution in [1.29, 1.82) is 0 Å². The van der Waals surface area contributed by atoms with Crippen molar-refractivity contribution in [1.82, 2.24) is 5.32 Å². The summed E-state index contributed by atoms with van der Waals surface area (Å²) in [4.78, 5) is 34.3. The number of nitrogens with two attached hydrogens (primary N) is 1. The second kappa shape index (κ2) is 8.17. The summed E-state index contributed by atoms with van der Waals surface area (Å²) in [6.45, 7) is 5.01. The largest absolute Gasteiger partial charge is 0.484 e. The van der Waals surface area contributed by atoms with Crippen LogP contribution in [0.3, 0.4) is 0 Å². The van der Waals surface area contributed by atoms with Gasteiger partial charge in [0.15, 0.2) is 12.4 Å². The Balaban J connectivity index is 2.54. The van der Waals surface area contributed by atoms with Crippen molar-refractivity contribution >= 4 is 17.6 Å². The van der Waals surface area contributed by atoms with Crippen LogP contribution in [0.2, 0.25) is 0 Å². The number of primary amides is 1.